The molecule has 0 radical (unpaired) electrons. The minimum atomic E-state index is -2.85. The molecule has 0 bridgehead atoms. The molecule has 0 saturated carbocycles. The summed E-state index contributed by atoms with van der Waals surface area (Å²) in [5.74, 6) is 1.47. The third-order valence-electron chi connectivity index (χ3n) is 3.55. The molecule has 19 heavy (non-hydrogen) atoms. The predicted molar refractivity (Wildman–Crippen MR) is 74.6 cm³/mol. The van der Waals surface area contributed by atoms with E-state index in [1.165, 1.54) is 0 Å². The first-order valence-electron chi connectivity index (χ1n) is 6.72. The average molecular weight is 286 g/mol. The van der Waals surface area contributed by atoms with Crippen molar-refractivity contribution in [3.05, 3.63) is 23.7 Å². The van der Waals surface area contributed by atoms with Crippen molar-refractivity contribution in [2.24, 2.45) is 0 Å². The summed E-state index contributed by atoms with van der Waals surface area (Å²) in [6.45, 7) is 7.02. The molecule has 0 aliphatic carbocycles. The van der Waals surface area contributed by atoms with Crippen molar-refractivity contribution < 1.29 is 12.8 Å². The minimum absolute atomic E-state index is 0.0700. The van der Waals surface area contributed by atoms with Crippen LogP contribution in [0, 0.1) is 0 Å². The van der Waals surface area contributed by atoms with Gasteiger partial charge in [-0.15, -0.1) is 0 Å². The zero-order valence-electron chi connectivity index (χ0n) is 11.6. The minimum Gasteiger partial charge on any atom is -0.468 e. The highest BCUT2D eigenvalue weighted by molar-refractivity contribution is 7.91. The molecule has 6 heteroatoms. The number of furan rings is 1. The molecule has 1 unspecified atom stereocenters. The summed E-state index contributed by atoms with van der Waals surface area (Å²) in [6, 6.07) is 2.04. The molecule has 5 nitrogen and oxygen atoms in total. The molecule has 108 valence electrons. The molecule has 1 N–H and O–H groups in total. The van der Waals surface area contributed by atoms with Crippen LogP contribution in [-0.4, -0.2) is 44.0 Å². The van der Waals surface area contributed by atoms with Gasteiger partial charge in [-0.05, 0) is 19.5 Å². The van der Waals surface area contributed by atoms with Crippen LogP contribution in [-0.2, 0) is 22.9 Å². The predicted octanol–water partition coefficient (Wildman–Crippen LogP) is 1.01. The molecule has 1 atom stereocenters. The lowest BCUT2D eigenvalue weighted by Crippen LogP contribution is -2.46. The highest BCUT2D eigenvalue weighted by Gasteiger charge is 2.28. The van der Waals surface area contributed by atoms with Gasteiger partial charge in [0.2, 0.25) is 0 Å². The van der Waals surface area contributed by atoms with Crippen LogP contribution in [0.1, 0.15) is 25.2 Å². The van der Waals surface area contributed by atoms with E-state index in [0.717, 1.165) is 31.0 Å². The Labute approximate surface area is 114 Å². The van der Waals surface area contributed by atoms with Crippen LogP contribution in [0.5, 0.6) is 0 Å². The van der Waals surface area contributed by atoms with Gasteiger partial charge in [-0.3, -0.25) is 4.90 Å². The second kappa shape index (κ2) is 6.07. The molecule has 0 amide bonds. The van der Waals surface area contributed by atoms with E-state index in [0.29, 0.717) is 6.54 Å². The van der Waals surface area contributed by atoms with Crippen molar-refractivity contribution in [1.82, 2.24) is 10.2 Å². The van der Waals surface area contributed by atoms with Crippen LogP contribution in [0.15, 0.2) is 16.7 Å². The Bertz CT molecular complexity index is 510. The van der Waals surface area contributed by atoms with Crippen LogP contribution in [0.25, 0.3) is 0 Å². The zero-order chi connectivity index (χ0) is 13.9. The Morgan fingerprint density at radius 2 is 2.32 bits per heavy atom. The zero-order valence-corrected chi connectivity index (χ0v) is 12.4. The van der Waals surface area contributed by atoms with Crippen LogP contribution < -0.4 is 5.32 Å². The van der Waals surface area contributed by atoms with Gasteiger partial charge in [-0.2, -0.15) is 0 Å². The second-order valence-corrected chi connectivity index (χ2v) is 7.31. The van der Waals surface area contributed by atoms with Gasteiger partial charge in [-0.1, -0.05) is 6.92 Å². The molecule has 1 aliphatic rings. The van der Waals surface area contributed by atoms with Crippen molar-refractivity contribution in [1.29, 1.82) is 0 Å². The topological polar surface area (TPSA) is 62.6 Å². The van der Waals surface area contributed by atoms with Gasteiger partial charge in [0.1, 0.15) is 5.76 Å². The lowest BCUT2D eigenvalue weighted by atomic mass is 10.2. The Hall–Kier alpha value is -0.850. The number of nitrogens with one attached hydrogen (secondary N) is 1. The van der Waals surface area contributed by atoms with Crippen molar-refractivity contribution in [3.63, 3.8) is 0 Å². The second-order valence-electron chi connectivity index (χ2n) is 5.08. The van der Waals surface area contributed by atoms with Crippen LogP contribution in [0.4, 0.5) is 0 Å². The first-order valence-corrected chi connectivity index (χ1v) is 8.54. The van der Waals surface area contributed by atoms with E-state index >= 15 is 0 Å². The number of hydrogen-bond acceptors (Lipinski definition) is 5. The van der Waals surface area contributed by atoms with Gasteiger partial charge in [0.15, 0.2) is 9.84 Å². The molecule has 1 saturated heterocycles. The maximum atomic E-state index is 11.6. The summed E-state index contributed by atoms with van der Waals surface area (Å²) in [6.07, 6.45) is 1.70. The molecular formula is C13H22N2O3S. The lowest BCUT2D eigenvalue weighted by molar-refractivity contribution is 0.216. The molecule has 1 aliphatic heterocycles. The van der Waals surface area contributed by atoms with E-state index in [2.05, 4.69) is 17.1 Å². The molecule has 1 fully saturated rings. The van der Waals surface area contributed by atoms with E-state index in [1.54, 1.807) is 6.26 Å². The summed E-state index contributed by atoms with van der Waals surface area (Å²) in [5, 5.41) is 3.24. The van der Waals surface area contributed by atoms with Crippen molar-refractivity contribution in [2.45, 2.75) is 33.0 Å². The summed E-state index contributed by atoms with van der Waals surface area (Å²) >= 11 is 0. The summed E-state index contributed by atoms with van der Waals surface area (Å²) in [4.78, 5) is 2.21. The molecule has 0 aromatic carbocycles. The van der Waals surface area contributed by atoms with Gasteiger partial charge in [0, 0.05) is 24.7 Å². The van der Waals surface area contributed by atoms with Crippen molar-refractivity contribution >= 4 is 9.84 Å². The lowest BCUT2D eigenvalue weighted by Gasteiger charge is -2.32. The molecule has 1 aromatic heterocycles. The van der Waals surface area contributed by atoms with Gasteiger partial charge in [-0.25, -0.2) is 8.42 Å². The average Bonchev–Trinajstić information content (AvgIpc) is 2.77. The third kappa shape index (κ3) is 3.81. The van der Waals surface area contributed by atoms with Crippen LogP contribution in [0.2, 0.25) is 0 Å². The monoisotopic (exact) mass is 286 g/mol. The van der Waals surface area contributed by atoms with E-state index in [9.17, 15) is 8.42 Å². The van der Waals surface area contributed by atoms with E-state index in [4.69, 9.17) is 4.42 Å². The summed E-state index contributed by atoms with van der Waals surface area (Å²) < 4.78 is 28.6. The maximum Gasteiger partial charge on any atom is 0.153 e. The maximum absolute atomic E-state index is 11.6. The summed E-state index contributed by atoms with van der Waals surface area (Å²) in [7, 11) is -2.85. The van der Waals surface area contributed by atoms with Crippen molar-refractivity contribution in [2.75, 3.05) is 24.6 Å². The Kier molecular flexibility index (Phi) is 4.65. The summed E-state index contributed by atoms with van der Waals surface area (Å²) in [5.41, 5.74) is 1.15. The van der Waals surface area contributed by atoms with Crippen molar-refractivity contribution in [3.8, 4) is 0 Å². The Balaban J connectivity index is 2.00. The first kappa shape index (κ1) is 14.6. The van der Waals surface area contributed by atoms with Gasteiger partial charge in [0.25, 0.3) is 0 Å². The molecule has 0 spiro atoms. The van der Waals surface area contributed by atoms with E-state index in [1.807, 2.05) is 13.0 Å². The van der Waals surface area contributed by atoms with Gasteiger partial charge >= 0.3 is 0 Å². The first-order chi connectivity index (χ1) is 9.02. The quantitative estimate of drug-likeness (QED) is 0.875. The molecule has 2 rings (SSSR count). The van der Waals surface area contributed by atoms with E-state index in [-0.39, 0.29) is 17.5 Å². The fraction of sp³-hybridized carbons (Fsp3) is 0.692. The molecule has 1 aromatic rings. The number of nitrogens with zero attached hydrogens (tertiary/aromatic N) is 1. The largest absolute Gasteiger partial charge is 0.468 e. The highest BCUT2D eigenvalue weighted by Crippen LogP contribution is 2.18. The Morgan fingerprint density at radius 1 is 1.53 bits per heavy atom. The number of sulfone groups is 1. The fourth-order valence-electron chi connectivity index (χ4n) is 2.39. The normalized spacial score (nSPS) is 23.6. The standard InChI is InChI=1S/C13H22N2O3S/c1-3-14-8-13-12(4-6-18-13)9-15-5-7-19(16,17)10-11(15)2/h4,6,11,14H,3,5,7-10H2,1-2H3. The Morgan fingerprint density at radius 3 is 3.00 bits per heavy atom. The SMILES string of the molecule is CCNCc1occc1CN1CCS(=O)(=O)CC1C. The molecule has 2 heterocycles. The highest BCUT2D eigenvalue weighted by atomic mass is 32.2. The van der Waals surface area contributed by atoms with Crippen LogP contribution in [0.3, 0.4) is 0 Å². The van der Waals surface area contributed by atoms with Gasteiger partial charge in [0.05, 0.1) is 24.3 Å². The van der Waals surface area contributed by atoms with Crippen LogP contribution >= 0.6 is 0 Å². The number of rotatable bonds is 5. The van der Waals surface area contributed by atoms with Gasteiger partial charge < -0.3 is 9.73 Å². The van der Waals surface area contributed by atoms with E-state index < -0.39 is 9.84 Å². The smallest absolute Gasteiger partial charge is 0.153 e. The number of hydrogen-bond donors (Lipinski definition) is 1. The fourth-order valence-corrected chi connectivity index (χ4v) is 4.01. The third-order valence-corrected chi connectivity index (χ3v) is 5.35. The molecular weight excluding hydrogens is 264 g/mol.